The van der Waals surface area contributed by atoms with Gasteiger partial charge in [0.15, 0.2) is 5.82 Å². The number of hydrogen-bond donors (Lipinski definition) is 1. The van der Waals surface area contributed by atoms with Crippen molar-refractivity contribution in [3.05, 3.63) is 46.0 Å². The molecule has 1 heterocycles. The number of benzene rings is 1. The predicted octanol–water partition coefficient (Wildman–Crippen LogP) is 3.01. The lowest BCUT2D eigenvalue weighted by Gasteiger charge is -2.16. The first-order chi connectivity index (χ1) is 8.53. The molecule has 0 saturated carbocycles. The zero-order chi connectivity index (χ0) is 13.2. The highest BCUT2D eigenvalue weighted by molar-refractivity contribution is 9.10. The minimum absolute atomic E-state index is 0.493. The molecule has 0 spiro atoms. The van der Waals surface area contributed by atoms with E-state index >= 15 is 0 Å². The van der Waals surface area contributed by atoms with Crippen molar-refractivity contribution in [3.63, 3.8) is 0 Å². The molecule has 0 aliphatic rings. The molecule has 18 heavy (non-hydrogen) atoms. The van der Waals surface area contributed by atoms with E-state index in [-0.39, 0.29) is 0 Å². The Labute approximate surface area is 115 Å². The minimum Gasteiger partial charge on any atom is -0.337 e. The van der Waals surface area contributed by atoms with E-state index in [1.807, 2.05) is 38.1 Å². The van der Waals surface area contributed by atoms with E-state index < -0.39 is 5.54 Å². The number of nitrogens with zero attached hydrogens (tertiary/aromatic N) is 2. The van der Waals surface area contributed by atoms with Crippen LogP contribution in [-0.4, -0.2) is 10.1 Å². The van der Waals surface area contributed by atoms with Crippen LogP contribution in [0, 0.1) is 0 Å². The van der Waals surface area contributed by atoms with Gasteiger partial charge in [-0.2, -0.15) is 4.98 Å². The second kappa shape index (κ2) is 5.20. The van der Waals surface area contributed by atoms with Gasteiger partial charge in [0.1, 0.15) is 0 Å². The van der Waals surface area contributed by atoms with Crippen molar-refractivity contribution in [1.29, 1.82) is 0 Å². The molecule has 96 valence electrons. The Balaban J connectivity index is 2.20. The Morgan fingerprint density at radius 3 is 2.78 bits per heavy atom. The minimum atomic E-state index is -0.556. The molecule has 0 amide bonds. The van der Waals surface area contributed by atoms with Crippen molar-refractivity contribution < 1.29 is 4.52 Å². The van der Waals surface area contributed by atoms with Crippen LogP contribution in [0.3, 0.4) is 0 Å². The summed E-state index contributed by atoms with van der Waals surface area (Å²) in [4.78, 5) is 4.37. The fraction of sp³-hybridized carbons (Fsp3) is 0.385. The molecule has 0 fully saturated rings. The van der Waals surface area contributed by atoms with Crippen LogP contribution in [0.25, 0.3) is 0 Å². The Morgan fingerprint density at radius 1 is 1.39 bits per heavy atom. The maximum absolute atomic E-state index is 6.07. The van der Waals surface area contributed by atoms with Gasteiger partial charge in [0, 0.05) is 10.9 Å². The Bertz CT molecular complexity index is 537. The van der Waals surface area contributed by atoms with E-state index in [1.54, 1.807) is 0 Å². The molecule has 0 bridgehead atoms. The maximum atomic E-state index is 6.07. The van der Waals surface area contributed by atoms with E-state index in [0.29, 0.717) is 18.1 Å². The largest absolute Gasteiger partial charge is 0.337 e. The highest BCUT2D eigenvalue weighted by atomic mass is 79.9. The Hall–Kier alpha value is -1.20. The van der Waals surface area contributed by atoms with Gasteiger partial charge in [0.05, 0.1) is 5.54 Å². The van der Waals surface area contributed by atoms with E-state index in [0.717, 1.165) is 16.5 Å². The number of rotatable bonds is 4. The predicted molar refractivity (Wildman–Crippen MR) is 73.1 cm³/mol. The monoisotopic (exact) mass is 309 g/mol. The van der Waals surface area contributed by atoms with Crippen LogP contribution >= 0.6 is 15.9 Å². The van der Waals surface area contributed by atoms with Gasteiger partial charge in [-0.25, -0.2) is 0 Å². The highest BCUT2D eigenvalue weighted by Crippen LogP contribution is 2.22. The van der Waals surface area contributed by atoms with Crippen molar-refractivity contribution in [2.75, 3.05) is 0 Å². The van der Waals surface area contributed by atoms with Gasteiger partial charge >= 0.3 is 0 Å². The van der Waals surface area contributed by atoms with Gasteiger partial charge in [-0.1, -0.05) is 46.2 Å². The standard InChI is InChI=1S/C13H16BrN3O/c1-3-13(2,15)12-16-11(17-18-12)8-9-6-4-5-7-10(9)14/h4-7H,3,8,15H2,1-2H3. The molecular weight excluding hydrogens is 294 g/mol. The topological polar surface area (TPSA) is 64.9 Å². The van der Waals surface area contributed by atoms with Gasteiger partial charge < -0.3 is 10.3 Å². The summed E-state index contributed by atoms with van der Waals surface area (Å²) < 4.78 is 6.27. The van der Waals surface area contributed by atoms with E-state index in [1.165, 1.54) is 0 Å². The number of nitrogens with two attached hydrogens (primary N) is 1. The molecule has 1 atom stereocenters. The second-order valence-electron chi connectivity index (χ2n) is 4.55. The van der Waals surface area contributed by atoms with Gasteiger partial charge in [0.25, 0.3) is 0 Å². The van der Waals surface area contributed by atoms with Gasteiger partial charge in [0.2, 0.25) is 5.89 Å². The summed E-state index contributed by atoms with van der Waals surface area (Å²) in [5.41, 5.74) is 6.64. The first-order valence-corrected chi connectivity index (χ1v) is 6.67. The van der Waals surface area contributed by atoms with E-state index in [4.69, 9.17) is 10.3 Å². The number of hydrogen-bond acceptors (Lipinski definition) is 4. The van der Waals surface area contributed by atoms with Crippen LogP contribution in [0.1, 0.15) is 37.5 Å². The first kappa shape index (κ1) is 13.2. The van der Waals surface area contributed by atoms with E-state index in [9.17, 15) is 0 Å². The number of halogens is 1. The van der Waals surface area contributed by atoms with Crippen LogP contribution in [0.5, 0.6) is 0 Å². The Kier molecular flexibility index (Phi) is 3.82. The van der Waals surface area contributed by atoms with E-state index in [2.05, 4.69) is 26.1 Å². The van der Waals surface area contributed by atoms with Gasteiger partial charge in [-0.05, 0) is 25.0 Å². The summed E-state index contributed by atoms with van der Waals surface area (Å²) in [5, 5.41) is 3.98. The molecule has 0 aliphatic carbocycles. The average molecular weight is 310 g/mol. The van der Waals surface area contributed by atoms with Crippen LogP contribution in [0.4, 0.5) is 0 Å². The molecule has 2 N–H and O–H groups in total. The summed E-state index contributed by atoms with van der Waals surface area (Å²) in [6, 6.07) is 7.99. The zero-order valence-corrected chi connectivity index (χ0v) is 12.1. The molecule has 5 heteroatoms. The van der Waals surface area contributed by atoms with Crippen molar-refractivity contribution in [3.8, 4) is 0 Å². The third kappa shape index (κ3) is 2.79. The average Bonchev–Trinajstić information content (AvgIpc) is 2.81. The SMILES string of the molecule is CCC(C)(N)c1nc(Cc2ccccc2Br)no1. The van der Waals surface area contributed by atoms with Crippen molar-refractivity contribution >= 4 is 15.9 Å². The second-order valence-corrected chi connectivity index (χ2v) is 5.41. The highest BCUT2D eigenvalue weighted by Gasteiger charge is 2.26. The number of aromatic nitrogens is 2. The summed E-state index contributed by atoms with van der Waals surface area (Å²) in [5.74, 6) is 1.15. The molecule has 0 aliphatic heterocycles. The quantitative estimate of drug-likeness (QED) is 0.943. The lowest BCUT2D eigenvalue weighted by atomic mass is 10.0. The lowest BCUT2D eigenvalue weighted by Crippen LogP contribution is -2.32. The van der Waals surface area contributed by atoms with Gasteiger partial charge in [-0.3, -0.25) is 0 Å². The molecule has 1 aromatic carbocycles. The van der Waals surface area contributed by atoms with Crippen LogP contribution in [0.15, 0.2) is 33.3 Å². The van der Waals surface area contributed by atoms with Gasteiger partial charge in [-0.15, -0.1) is 0 Å². The van der Waals surface area contributed by atoms with Crippen molar-refractivity contribution in [2.24, 2.45) is 5.73 Å². The molecule has 4 nitrogen and oxygen atoms in total. The Morgan fingerprint density at radius 2 is 2.11 bits per heavy atom. The first-order valence-electron chi connectivity index (χ1n) is 5.88. The molecular formula is C13H16BrN3O. The fourth-order valence-corrected chi connectivity index (χ4v) is 1.95. The third-order valence-corrected chi connectivity index (χ3v) is 3.77. The normalized spacial score (nSPS) is 14.4. The smallest absolute Gasteiger partial charge is 0.246 e. The van der Waals surface area contributed by atoms with Crippen molar-refractivity contribution in [2.45, 2.75) is 32.2 Å². The zero-order valence-electron chi connectivity index (χ0n) is 10.5. The van der Waals surface area contributed by atoms with Crippen LogP contribution in [-0.2, 0) is 12.0 Å². The fourth-order valence-electron chi connectivity index (χ4n) is 1.52. The molecule has 0 radical (unpaired) electrons. The molecule has 0 saturated heterocycles. The summed E-state index contributed by atoms with van der Waals surface area (Å²) in [6.07, 6.45) is 1.38. The molecule has 2 rings (SSSR count). The lowest BCUT2D eigenvalue weighted by molar-refractivity contribution is 0.290. The summed E-state index contributed by atoms with van der Waals surface area (Å²) in [7, 11) is 0. The van der Waals surface area contributed by atoms with Crippen LogP contribution < -0.4 is 5.73 Å². The summed E-state index contributed by atoms with van der Waals surface area (Å²) >= 11 is 3.50. The molecule has 1 unspecified atom stereocenters. The van der Waals surface area contributed by atoms with Crippen LogP contribution in [0.2, 0.25) is 0 Å². The van der Waals surface area contributed by atoms with Crippen molar-refractivity contribution in [1.82, 2.24) is 10.1 Å². The molecule has 1 aromatic heterocycles. The summed E-state index contributed by atoms with van der Waals surface area (Å²) in [6.45, 7) is 3.89. The third-order valence-electron chi connectivity index (χ3n) is 3.00. The maximum Gasteiger partial charge on any atom is 0.246 e. The molecule has 2 aromatic rings.